The van der Waals surface area contributed by atoms with Gasteiger partial charge in [0.2, 0.25) is 0 Å². The van der Waals surface area contributed by atoms with Gasteiger partial charge in [-0.3, -0.25) is 4.79 Å². The van der Waals surface area contributed by atoms with Crippen LogP contribution in [0.15, 0.2) is 18.2 Å². The quantitative estimate of drug-likeness (QED) is 0.735. The van der Waals surface area contributed by atoms with Crippen LogP contribution in [-0.2, 0) is 16.5 Å². The Hall–Kier alpha value is -0.350. The van der Waals surface area contributed by atoms with Gasteiger partial charge in [0.15, 0.2) is 0 Å². The van der Waals surface area contributed by atoms with Crippen LogP contribution in [0.4, 0.5) is 0 Å². The van der Waals surface area contributed by atoms with Crippen molar-refractivity contribution in [3.63, 3.8) is 0 Å². The van der Waals surface area contributed by atoms with Crippen LogP contribution in [0.2, 0.25) is 0 Å². The zero-order valence-electron chi connectivity index (χ0n) is 9.13. The minimum absolute atomic E-state index is 0.161. The number of ketones is 1. The number of carbonyl (C=O) groups is 1. The predicted octanol–water partition coefficient (Wildman–Crippen LogP) is 3.49. The second kappa shape index (κ2) is 7.07. The number of Topliss-reactive ketones (excluding diaryl/α,β-unsaturated/α-hetero) is 1. The second-order valence-electron chi connectivity index (χ2n) is 3.31. The van der Waals surface area contributed by atoms with Gasteiger partial charge >= 0.3 is 0 Å². The highest BCUT2D eigenvalue weighted by Gasteiger charge is 2.12. The van der Waals surface area contributed by atoms with Gasteiger partial charge < -0.3 is 4.74 Å². The first-order chi connectivity index (χ1) is 7.72. The molecule has 1 rings (SSSR count). The summed E-state index contributed by atoms with van der Waals surface area (Å²) in [5, 5.41) is 1.12. The van der Waals surface area contributed by atoms with Crippen molar-refractivity contribution in [3.05, 3.63) is 29.3 Å². The van der Waals surface area contributed by atoms with Gasteiger partial charge in [-0.1, -0.05) is 44.0 Å². The summed E-state index contributed by atoms with van der Waals surface area (Å²) >= 11 is 6.61. The van der Waals surface area contributed by atoms with Gasteiger partial charge in [-0.05, 0) is 18.6 Å². The lowest BCUT2D eigenvalue weighted by molar-refractivity contribution is -0.115. The molecule has 0 radical (unpaired) electrons. The summed E-state index contributed by atoms with van der Waals surface area (Å²) in [6.07, 6.45) is 0.419. The van der Waals surface area contributed by atoms with Crippen molar-refractivity contribution in [2.45, 2.75) is 18.7 Å². The normalized spacial score (nSPS) is 10.2. The molecule has 0 atom stereocenters. The summed E-state index contributed by atoms with van der Waals surface area (Å²) in [6.45, 7) is 2.55. The molecule has 0 unspecified atom stereocenters. The van der Waals surface area contributed by atoms with Crippen LogP contribution < -0.4 is 4.74 Å². The molecule has 88 valence electrons. The van der Waals surface area contributed by atoms with Gasteiger partial charge in [0.05, 0.1) is 11.9 Å². The molecule has 1 aromatic carbocycles. The summed E-state index contributed by atoms with van der Waals surface area (Å²) in [5.74, 6) is 0.975. The molecule has 16 heavy (non-hydrogen) atoms. The number of ether oxygens (including phenoxy) is 1. The number of hydrogen-bond acceptors (Lipinski definition) is 2. The molecule has 0 aliphatic rings. The number of halogens is 2. The highest BCUT2D eigenvalue weighted by Crippen LogP contribution is 2.25. The molecule has 1 aromatic rings. The van der Waals surface area contributed by atoms with Crippen LogP contribution in [0.3, 0.4) is 0 Å². The maximum absolute atomic E-state index is 11.5. The number of carbonyl (C=O) groups excluding carboxylic acids is 1. The molecule has 0 amide bonds. The minimum Gasteiger partial charge on any atom is -0.494 e. The Labute approximate surface area is 113 Å². The van der Waals surface area contributed by atoms with E-state index >= 15 is 0 Å². The lowest BCUT2D eigenvalue weighted by atomic mass is 10.0. The fraction of sp³-hybridized carbons (Fsp3) is 0.417. The van der Waals surface area contributed by atoms with E-state index in [0.717, 1.165) is 22.2 Å². The molecular formula is C12H14Br2O2. The first-order valence-electron chi connectivity index (χ1n) is 5.10. The first-order valence-corrected chi connectivity index (χ1v) is 7.34. The Morgan fingerprint density at radius 3 is 2.69 bits per heavy atom. The van der Waals surface area contributed by atoms with Crippen LogP contribution >= 0.6 is 31.9 Å². The third-order valence-electron chi connectivity index (χ3n) is 2.20. The van der Waals surface area contributed by atoms with Crippen molar-refractivity contribution >= 4 is 37.6 Å². The zero-order chi connectivity index (χ0) is 12.0. The van der Waals surface area contributed by atoms with Crippen molar-refractivity contribution in [1.29, 1.82) is 0 Å². The molecule has 0 spiro atoms. The molecule has 0 aliphatic heterocycles. The van der Waals surface area contributed by atoms with E-state index in [4.69, 9.17) is 4.74 Å². The maximum atomic E-state index is 11.5. The molecule has 2 nitrogen and oxygen atoms in total. The van der Waals surface area contributed by atoms with E-state index < -0.39 is 0 Å². The van der Waals surface area contributed by atoms with Gasteiger partial charge in [0, 0.05) is 17.3 Å². The van der Waals surface area contributed by atoms with Gasteiger partial charge in [-0.25, -0.2) is 0 Å². The topological polar surface area (TPSA) is 26.3 Å². The van der Waals surface area contributed by atoms with E-state index in [1.54, 1.807) is 0 Å². The average Bonchev–Trinajstić information content (AvgIpc) is 2.31. The summed E-state index contributed by atoms with van der Waals surface area (Å²) in [7, 11) is 0. The summed E-state index contributed by atoms with van der Waals surface area (Å²) < 4.78 is 5.54. The second-order valence-corrected chi connectivity index (χ2v) is 4.43. The van der Waals surface area contributed by atoms with E-state index in [-0.39, 0.29) is 5.78 Å². The highest BCUT2D eigenvalue weighted by atomic mass is 79.9. The third-order valence-corrected chi connectivity index (χ3v) is 3.43. The molecule has 0 heterocycles. The standard InChI is InChI=1S/C12H14Br2O2/c1-2-16-12-5-3-4-9(7-13)11(12)6-10(15)8-14/h3-5H,2,6-8H2,1H3. The van der Waals surface area contributed by atoms with Crippen molar-refractivity contribution in [3.8, 4) is 5.75 Å². The molecule has 0 aromatic heterocycles. The molecule has 0 fully saturated rings. The minimum atomic E-state index is 0.161. The monoisotopic (exact) mass is 348 g/mol. The zero-order valence-corrected chi connectivity index (χ0v) is 12.3. The molecule has 0 bridgehead atoms. The lowest BCUT2D eigenvalue weighted by Crippen LogP contribution is -2.08. The number of rotatable bonds is 6. The number of benzene rings is 1. The van der Waals surface area contributed by atoms with Gasteiger partial charge in [-0.2, -0.15) is 0 Å². The predicted molar refractivity (Wildman–Crippen MR) is 72.7 cm³/mol. The van der Waals surface area contributed by atoms with E-state index in [1.165, 1.54) is 0 Å². The Balaban J connectivity index is 3.03. The molecule has 0 N–H and O–H groups in total. The molecule has 4 heteroatoms. The Bertz CT molecular complexity index is 364. The van der Waals surface area contributed by atoms with Crippen molar-refractivity contribution in [2.24, 2.45) is 0 Å². The highest BCUT2D eigenvalue weighted by molar-refractivity contribution is 9.09. The Kier molecular flexibility index (Phi) is 6.06. The van der Waals surface area contributed by atoms with Crippen molar-refractivity contribution < 1.29 is 9.53 Å². The number of hydrogen-bond donors (Lipinski definition) is 0. The summed E-state index contributed by atoms with van der Waals surface area (Å²) in [6, 6.07) is 5.87. The van der Waals surface area contributed by atoms with E-state index in [9.17, 15) is 4.79 Å². The van der Waals surface area contributed by atoms with Crippen LogP contribution in [0.1, 0.15) is 18.1 Å². The molecule has 0 saturated carbocycles. The largest absolute Gasteiger partial charge is 0.494 e. The molecule has 0 aliphatic carbocycles. The molecule has 0 saturated heterocycles. The lowest BCUT2D eigenvalue weighted by Gasteiger charge is -2.12. The third kappa shape index (κ3) is 3.59. The van der Waals surface area contributed by atoms with E-state index in [2.05, 4.69) is 31.9 Å². The fourth-order valence-corrected chi connectivity index (χ4v) is 2.20. The van der Waals surface area contributed by atoms with Gasteiger partial charge in [-0.15, -0.1) is 0 Å². The SMILES string of the molecule is CCOc1cccc(CBr)c1CC(=O)CBr. The van der Waals surface area contributed by atoms with Crippen LogP contribution in [-0.4, -0.2) is 17.7 Å². The van der Waals surface area contributed by atoms with Crippen molar-refractivity contribution in [1.82, 2.24) is 0 Å². The van der Waals surface area contributed by atoms with Gasteiger partial charge in [0.25, 0.3) is 0 Å². The smallest absolute Gasteiger partial charge is 0.147 e. The summed E-state index contributed by atoms with van der Waals surface area (Å²) in [4.78, 5) is 11.5. The van der Waals surface area contributed by atoms with E-state index in [1.807, 2.05) is 25.1 Å². The maximum Gasteiger partial charge on any atom is 0.147 e. The van der Waals surface area contributed by atoms with Gasteiger partial charge in [0.1, 0.15) is 11.5 Å². The van der Waals surface area contributed by atoms with Crippen LogP contribution in [0.25, 0.3) is 0 Å². The number of alkyl halides is 2. The van der Waals surface area contributed by atoms with Crippen molar-refractivity contribution in [2.75, 3.05) is 11.9 Å². The van der Waals surface area contributed by atoms with Crippen LogP contribution in [0, 0.1) is 0 Å². The fourth-order valence-electron chi connectivity index (χ4n) is 1.47. The Morgan fingerprint density at radius 1 is 1.38 bits per heavy atom. The average molecular weight is 350 g/mol. The van der Waals surface area contributed by atoms with E-state index in [0.29, 0.717) is 18.4 Å². The first kappa shape index (κ1) is 13.7. The summed E-state index contributed by atoms with van der Waals surface area (Å²) in [5.41, 5.74) is 2.10. The molecular weight excluding hydrogens is 336 g/mol. The Morgan fingerprint density at radius 2 is 2.12 bits per heavy atom. The van der Waals surface area contributed by atoms with Crippen LogP contribution in [0.5, 0.6) is 5.75 Å².